The maximum Gasteiger partial charge on any atom is 0.304 e. The average Bonchev–Trinajstić information content (AvgIpc) is 2.49. The molecule has 2 rings (SSSR count). The minimum atomic E-state index is -0.674. The van der Waals surface area contributed by atoms with Crippen molar-refractivity contribution in [1.29, 1.82) is 0 Å². The van der Waals surface area contributed by atoms with E-state index in [2.05, 4.69) is 24.1 Å². The highest BCUT2D eigenvalue weighted by Crippen LogP contribution is 2.30. The van der Waals surface area contributed by atoms with Gasteiger partial charge >= 0.3 is 5.97 Å². The second-order valence-corrected chi connectivity index (χ2v) is 7.01. The lowest BCUT2D eigenvalue weighted by Crippen LogP contribution is -2.49. The molecule has 2 fully saturated rings. The van der Waals surface area contributed by atoms with Crippen molar-refractivity contribution in [3.63, 3.8) is 0 Å². The maximum absolute atomic E-state index is 11.1. The average molecular weight is 268 g/mol. The minimum Gasteiger partial charge on any atom is -0.481 e. The zero-order valence-corrected chi connectivity index (χ0v) is 12.3. The van der Waals surface area contributed by atoms with Crippen molar-refractivity contribution in [1.82, 2.24) is 10.2 Å². The molecule has 1 unspecified atom stereocenters. The van der Waals surface area contributed by atoms with E-state index < -0.39 is 5.97 Å². The number of hydrogen-bond donors (Lipinski definition) is 2. The molecular weight excluding hydrogens is 240 g/mol. The fourth-order valence-corrected chi connectivity index (χ4v) is 3.60. The monoisotopic (exact) mass is 268 g/mol. The van der Waals surface area contributed by atoms with E-state index in [1.807, 2.05) is 0 Å². The molecule has 19 heavy (non-hydrogen) atoms. The van der Waals surface area contributed by atoms with Crippen LogP contribution < -0.4 is 5.32 Å². The molecule has 1 saturated carbocycles. The van der Waals surface area contributed by atoms with E-state index in [0.717, 1.165) is 19.6 Å². The van der Waals surface area contributed by atoms with Crippen LogP contribution in [-0.2, 0) is 4.79 Å². The third-order valence-electron chi connectivity index (χ3n) is 4.52. The number of carboxylic acid groups (broad SMARTS) is 1. The van der Waals surface area contributed by atoms with Gasteiger partial charge in [0.2, 0.25) is 0 Å². The molecule has 1 saturated heterocycles. The number of nitrogens with one attached hydrogen (secondary N) is 1. The number of carboxylic acids is 1. The summed E-state index contributed by atoms with van der Waals surface area (Å²) in [6, 6.07) is 0.750. The lowest BCUT2D eigenvalue weighted by atomic mass is 9.88. The number of aliphatic carboxylic acids is 1. The maximum atomic E-state index is 11.1. The Kier molecular flexibility index (Phi) is 4.85. The molecule has 1 atom stereocenters. The van der Waals surface area contributed by atoms with E-state index >= 15 is 0 Å². The molecule has 1 aliphatic heterocycles. The molecule has 0 radical (unpaired) electrons. The Balaban J connectivity index is 2.11. The van der Waals surface area contributed by atoms with Crippen LogP contribution >= 0.6 is 0 Å². The zero-order chi connectivity index (χ0) is 13.9. The Bertz CT molecular complexity index is 311. The van der Waals surface area contributed by atoms with Crippen LogP contribution in [0.4, 0.5) is 0 Å². The normalized spacial score (nSPS) is 29.9. The van der Waals surface area contributed by atoms with Gasteiger partial charge in [-0.05, 0) is 18.3 Å². The van der Waals surface area contributed by atoms with E-state index in [1.54, 1.807) is 0 Å². The van der Waals surface area contributed by atoms with E-state index in [9.17, 15) is 4.79 Å². The first-order valence-corrected chi connectivity index (χ1v) is 7.66. The van der Waals surface area contributed by atoms with Gasteiger partial charge in [0.05, 0.1) is 6.42 Å². The first-order valence-electron chi connectivity index (χ1n) is 7.66. The highest BCUT2D eigenvalue weighted by molar-refractivity contribution is 5.67. The van der Waals surface area contributed by atoms with Crippen LogP contribution in [0, 0.1) is 5.41 Å². The van der Waals surface area contributed by atoms with Crippen LogP contribution in [0.5, 0.6) is 0 Å². The van der Waals surface area contributed by atoms with Gasteiger partial charge in [-0.2, -0.15) is 0 Å². The van der Waals surface area contributed by atoms with Crippen molar-refractivity contribution in [2.45, 2.75) is 64.5 Å². The molecule has 2 aliphatic rings. The molecular formula is C15H28N2O2. The molecule has 0 amide bonds. The Morgan fingerprint density at radius 3 is 2.63 bits per heavy atom. The Morgan fingerprint density at radius 2 is 2.00 bits per heavy atom. The van der Waals surface area contributed by atoms with E-state index in [1.165, 1.54) is 32.1 Å². The summed E-state index contributed by atoms with van der Waals surface area (Å²) in [5.41, 5.74) is 0.227. The summed E-state index contributed by atoms with van der Waals surface area (Å²) >= 11 is 0. The fraction of sp³-hybridized carbons (Fsp3) is 0.933. The predicted molar refractivity (Wildman–Crippen MR) is 76.3 cm³/mol. The van der Waals surface area contributed by atoms with Crippen LogP contribution in [0.25, 0.3) is 0 Å². The van der Waals surface area contributed by atoms with Crippen molar-refractivity contribution in [3.8, 4) is 0 Å². The Labute approximate surface area is 116 Å². The first-order chi connectivity index (χ1) is 8.98. The van der Waals surface area contributed by atoms with E-state index in [4.69, 9.17) is 5.11 Å². The lowest BCUT2D eigenvalue weighted by molar-refractivity contribution is -0.138. The topological polar surface area (TPSA) is 52.6 Å². The predicted octanol–water partition coefficient (Wildman–Crippen LogP) is 2.09. The molecule has 1 aliphatic carbocycles. The number of nitrogens with zero attached hydrogens (tertiary/aromatic N) is 1. The lowest BCUT2D eigenvalue weighted by Gasteiger charge is -2.41. The van der Waals surface area contributed by atoms with Crippen molar-refractivity contribution < 1.29 is 9.90 Å². The first kappa shape index (κ1) is 14.8. The molecule has 0 aromatic rings. The number of carbonyl (C=O) groups is 1. The Hall–Kier alpha value is -0.610. The molecule has 2 N–H and O–H groups in total. The van der Waals surface area contributed by atoms with Crippen LogP contribution in [-0.4, -0.2) is 47.7 Å². The van der Waals surface area contributed by atoms with Crippen molar-refractivity contribution in [2.75, 3.05) is 19.6 Å². The molecule has 1 heterocycles. The summed E-state index contributed by atoms with van der Waals surface area (Å²) in [5.74, 6) is -0.674. The third-order valence-corrected chi connectivity index (χ3v) is 4.52. The standard InChI is InChI=1S/C15H28N2O2/c1-15(2)10-16-9-13(8-14(18)19)17(11-15)12-6-4-3-5-7-12/h12-13,16H,3-11H2,1-2H3,(H,18,19). The van der Waals surface area contributed by atoms with Gasteiger partial charge in [-0.15, -0.1) is 0 Å². The van der Waals surface area contributed by atoms with Crippen molar-refractivity contribution in [3.05, 3.63) is 0 Å². The summed E-state index contributed by atoms with van der Waals surface area (Å²) in [5, 5.41) is 12.6. The van der Waals surface area contributed by atoms with E-state index in [-0.39, 0.29) is 17.9 Å². The Morgan fingerprint density at radius 1 is 1.32 bits per heavy atom. The summed E-state index contributed by atoms with van der Waals surface area (Å²) in [4.78, 5) is 13.6. The molecule has 0 bridgehead atoms. The van der Waals surface area contributed by atoms with Gasteiger partial charge in [0, 0.05) is 31.7 Å². The molecule has 0 aromatic heterocycles. The van der Waals surface area contributed by atoms with Gasteiger partial charge in [0.15, 0.2) is 0 Å². The minimum absolute atomic E-state index is 0.155. The van der Waals surface area contributed by atoms with Gasteiger partial charge in [0.1, 0.15) is 0 Å². The molecule has 4 nitrogen and oxygen atoms in total. The summed E-state index contributed by atoms with van der Waals surface area (Å²) < 4.78 is 0. The largest absolute Gasteiger partial charge is 0.481 e. The number of rotatable bonds is 3. The van der Waals surface area contributed by atoms with E-state index in [0.29, 0.717) is 6.04 Å². The van der Waals surface area contributed by atoms with Gasteiger partial charge in [0.25, 0.3) is 0 Å². The second kappa shape index (κ2) is 6.23. The molecule has 0 spiro atoms. The van der Waals surface area contributed by atoms with Crippen LogP contribution in [0.15, 0.2) is 0 Å². The quantitative estimate of drug-likeness (QED) is 0.823. The van der Waals surface area contributed by atoms with Gasteiger partial charge in [-0.1, -0.05) is 33.1 Å². The second-order valence-electron chi connectivity index (χ2n) is 7.01. The SMILES string of the molecule is CC1(C)CNCC(CC(=O)O)N(C2CCCCC2)C1. The smallest absolute Gasteiger partial charge is 0.304 e. The van der Waals surface area contributed by atoms with Crippen LogP contribution in [0.1, 0.15) is 52.4 Å². The molecule has 0 aromatic carbocycles. The fourth-order valence-electron chi connectivity index (χ4n) is 3.60. The van der Waals surface area contributed by atoms with Gasteiger partial charge < -0.3 is 10.4 Å². The zero-order valence-electron chi connectivity index (χ0n) is 12.3. The van der Waals surface area contributed by atoms with Crippen molar-refractivity contribution in [2.24, 2.45) is 5.41 Å². The van der Waals surface area contributed by atoms with Crippen molar-refractivity contribution >= 4 is 5.97 Å². The summed E-state index contributed by atoms with van der Waals surface area (Å²) in [7, 11) is 0. The number of hydrogen-bond acceptors (Lipinski definition) is 3. The van der Waals surface area contributed by atoms with Gasteiger partial charge in [-0.3, -0.25) is 9.69 Å². The molecule has 110 valence electrons. The highest BCUT2D eigenvalue weighted by atomic mass is 16.4. The van der Waals surface area contributed by atoms with Gasteiger partial charge in [-0.25, -0.2) is 0 Å². The van der Waals surface area contributed by atoms with Crippen LogP contribution in [0.3, 0.4) is 0 Å². The summed E-state index contributed by atoms with van der Waals surface area (Å²) in [6.07, 6.45) is 6.69. The third kappa shape index (κ3) is 4.18. The summed E-state index contributed by atoms with van der Waals surface area (Å²) in [6.45, 7) is 7.36. The highest BCUT2D eigenvalue weighted by Gasteiger charge is 2.35. The van der Waals surface area contributed by atoms with Crippen LogP contribution in [0.2, 0.25) is 0 Å². The molecule has 4 heteroatoms.